The van der Waals surface area contributed by atoms with Crippen LogP contribution < -0.4 is 0 Å². The summed E-state index contributed by atoms with van der Waals surface area (Å²) in [6.45, 7) is 8.76. The van der Waals surface area contributed by atoms with Gasteiger partial charge in [0.05, 0.1) is 10.5 Å². The summed E-state index contributed by atoms with van der Waals surface area (Å²) in [6.07, 6.45) is 1.44. The fraction of sp³-hybridized carbons (Fsp3) is 0.400. The predicted octanol–water partition coefficient (Wildman–Crippen LogP) is 3.12. The van der Waals surface area contributed by atoms with Gasteiger partial charge < -0.3 is 4.90 Å². The van der Waals surface area contributed by atoms with Crippen LogP contribution in [0.5, 0.6) is 0 Å². The Morgan fingerprint density at radius 2 is 1.57 bits per heavy atom. The molecule has 6 nitrogen and oxygen atoms in total. The van der Waals surface area contributed by atoms with Gasteiger partial charge in [0, 0.05) is 32.4 Å². The van der Waals surface area contributed by atoms with Gasteiger partial charge in [0.1, 0.15) is 5.15 Å². The fourth-order valence-electron chi connectivity index (χ4n) is 3.51. The van der Waals surface area contributed by atoms with Crippen molar-refractivity contribution in [3.05, 3.63) is 57.4 Å². The average molecular weight is 422 g/mol. The van der Waals surface area contributed by atoms with Gasteiger partial charge in [0.2, 0.25) is 10.0 Å². The molecule has 1 aromatic carbocycles. The lowest BCUT2D eigenvalue weighted by atomic mass is 10.0. The zero-order valence-corrected chi connectivity index (χ0v) is 18.1. The first-order valence-corrected chi connectivity index (χ1v) is 10.9. The van der Waals surface area contributed by atoms with Crippen molar-refractivity contribution in [2.24, 2.45) is 0 Å². The van der Waals surface area contributed by atoms with Gasteiger partial charge in [0.25, 0.3) is 5.91 Å². The van der Waals surface area contributed by atoms with Crippen molar-refractivity contribution in [2.75, 3.05) is 26.2 Å². The van der Waals surface area contributed by atoms with E-state index in [0.717, 1.165) is 22.3 Å². The summed E-state index contributed by atoms with van der Waals surface area (Å²) >= 11 is 5.77. The van der Waals surface area contributed by atoms with Gasteiger partial charge in [-0.3, -0.25) is 4.79 Å². The van der Waals surface area contributed by atoms with Crippen LogP contribution in [-0.4, -0.2) is 54.7 Å². The number of halogens is 1. The number of aromatic nitrogens is 1. The highest BCUT2D eigenvalue weighted by atomic mass is 35.5. The molecular formula is C20H24ClN3O3S. The Balaban J connectivity index is 1.79. The molecule has 1 saturated heterocycles. The van der Waals surface area contributed by atoms with Crippen molar-refractivity contribution in [3.63, 3.8) is 0 Å². The van der Waals surface area contributed by atoms with Crippen molar-refractivity contribution in [1.29, 1.82) is 0 Å². The number of carbonyl (C=O) groups is 1. The number of hydrogen-bond acceptors (Lipinski definition) is 4. The highest BCUT2D eigenvalue weighted by molar-refractivity contribution is 7.89. The molecule has 2 aromatic rings. The lowest BCUT2D eigenvalue weighted by Crippen LogP contribution is -2.50. The van der Waals surface area contributed by atoms with Gasteiger partial charge >= 0.3 is 0 Å². The third kappa shape index (κ3) is 3.79. The van der Waals surface area contributed by atoms with Gasteiger partial charge in [-0.15, -0.1) is 0 Å². The van der Waals surface area contributed by atoms with Crippen molar-refractivity contribution in [1.82, 2.24) is 14.2 Å². The lowest BCUT2D eigenvalue weighted by Gasteiger charge is -2.34. The summed E-state index contributed by atoms with van der Waals surface area (Å²) in [6, 6.07) is 5.21. The van der Waals surface area contributed by atoms with Crippen molar-refractivity contribution < 1.29 is 13.2 Å². The number of sulfonamides is 1. The molecular weight excluding hydrogens is 398 g/mol. The van der Waals surface area contributed by atoms with Crippen molar-refractivity contribution in [3.8, 4) is 0 Å². The molecule has 1 fully saturated rings. The summed E-state index contributed by atoms with van der Waals surface area (Å²) in [7, 11) is -3.62. The van der Waals surface area contributed by atoms with Crippen molar-refractivity contribution in [2.45, 2.75) is 32.6 Å². The smallest absolute Gasteiger partial charge is 0.255 e. The Morgan fingerprint density at radius 1 is 1.00 bits per heavy atom. The highest BCUT2D eigenvalue weighted by Crippen LogP contribution is 2.29. The van der Waals surface area contributed by atoms with Gasteiger partial charge in [0.15, 0.2) is 0 Å². The molecule has 0 spiro atoms. The summed E-state index contributed by atoms with van der Waals surface area (Å²) < 4.78 is 28.1. The quantitative estimate of drug-likeness (QED) is 0.714. The van der Waals surface area contributed by atoms with E-state index >= 15 is 0 Å². The summed E-state index contributed by atoms with van der Waals surface area (Å²) in [4.78, 5) is 18.6. The molecule has 1 aromatic heterocycles. The van der Waals surface area contributed by atoms with Crippen LogP contribution in [0.3, 0.4) is 0 Å². The third-order valence-corrected chi connectivity index (χ3v) is 7.79. The number of nitrogens with zero attached hydrogens (tertiary/aromatic N) is 3. The molecule has 28 heavy (non-hydrogen) atoms. The van der Waals surface area contributed by atoms with Crippen LogP contribution in [0.1, 0.15) is 32.6 Å². The molecule has 0 atom stereocenters. The maximum Gasteiger partial charge on any atom is 0.255 e. The molecule has 0 unspecified atom stereocenters. The lowest BCUT2D eigenvalue weighted by molar-refractivity contribution is 0.0697. The van der Waals surface area contributed by atoms with E-state index in [1.807, 2.05) is 33.8 Å². The average Bonchev–Trinajstić information content (AvgIpc) is 2.66. The molecule has 1 amide bonds. The molecule has 1 aliphatic heterocycles. The largest absolute Gasteiger partial charge is 0.336 e. The molecule has 0 saturated carbocycles. The van der Waals surface area contributed by atoms with Crippen LogP contribution in [-0.2, 0) is 10.0 Å². The van der Waals surface area contributed by atoms with E-state index in [0.29, 0.717) is 28.7 Å². The molecule has 0 N–H and O–H groups in total. The van der Waals surface area contributed by atoms with E-state index in [4.69, 9.17) is 11.6 Å². The maximum absolute atomic E-state index is 13.3. The number of benzene rings is 1. The Kier molecular flexibility index (Phi) is 5.79. The minimum absolute atomic E-state index is 0.167. The SMILES string of the molecule is Cc1cc(C)c(C)c(S(=O)(=O)N2CCN(C(=O)c3ccc(Cl)nc3)CC2)c1C. The Bertz CT molecular complexity index is 986. The number of carbonyl (C=O) groups excluding carboxylic acids is 1. The Labute approximate surface area is 171 Å². The van der Waals surface area contributed by atoms with E-state index in [9.17, 15) is 13.2 Å². The van der Waals surface area contributed by atoms with Crippen LogP contribution in [0.25, 0.3) is 0 Å². The van der Waals surface area contributed by atoms with Crippen LogP contribution in [0.2, 0.25) is 5.15 Å². The second-order valence-corrected chi connectivity index (χ2v) is 9.42. The van der Waals surface area contributed by atoms with E-state index in [1.165, 1.54) is 10.5 Å². The molecule has 150 valence electrons. The van der Waals surface area contributed by atoms with Gasteiger partial charge in [-0.2, -0.15) is 4.31 Å². The van der Waals surface area contributed by atoms with Crippen LogP contribution in [0.4, 0.5) is 0 Å². The maximum atomic E-state index is 13.3. The first kappa shape index (κ1) is 20.8. The van der Waals surface area contributed by atoms with Crippen molar-refractivity contribution >= 4 is 27.5 Å². The summed E-state index contributed by atoms with van der Waals surface area (Å²) in [5, 5.41) is 0.326. The number of piperazine rings is 1. The Morgan fingerprint density at radius 3 is 2.07 bits per heavy atom. The predicted molar refractivity (Wildman–Crippen MR) is 109 cm³/mol. The topological polar surface area (TPSA) is 70.6 Å². The molecule has 0 bridgehead atoms. The van der Waals surface area contributed by atoms with Crippen LogP contribution in [0.15, 0.2) is 29.3 Å². The monoisotopic (exact) mass is 421 g/mol. The number of aryl methyl sites for hydroxylation is 2. The molecule has 1 aliphatic rings. The molecule has 0 aliphatic carbocycles. The first-order valence-electron chi connectivity index (χ1n) is 9.11. The van der Waals surface area contributed by atoms with Crippen LogP contribution >= 0.6 is 11.6 Å². The second kappa shape index (κ2) is 7.81. The number of pyridine rings is 1. The van der Waals surface area contributed by atoms with E-state index in [1.54, 1.807) is 17.0 Å². The van der Waals surface area contributed by atoms with Crippen LogP contribution in [0, 0.1) is 27.7 Å². The van der Waals surface area contributed by atoms with Gasteiger partial charge in [-0.1, -0.05) is 17.7 Å². The zero-order chi connectivity index (χ0) is 20.6. The zero-order valence-electron chi connectivity index (χ0n) is 16.5. The minimum Gasteiger partial charge on any atom is -0.336 e. The summed E-state index contributed by atoms with van der Waals surface area (Å²) in [5.41, 5.74) is 3.95. The van der Waals surface area contributed by atoms with E-state index in [-0.39, 0.29) is 19.0 Å². The molecule has 3 rings (SSSR count). The van der Waals surface area contributed by atoms with Gasteiger partial charge in [-0.25, -0.2) is 13.4 Å². The minimum atomic E-state index is -3.62. The van der Waals surface area contributed by atoms with E-state index in [2.05, 4.69) is 4.98 Å². The van der Waals surface area contributed by atoms with Gasteiger partial charge in [-0.05, 0) is 62.1 Å². The normalized spacial score (nSPS) is 15.7. The first-order chi connectivity index (χ1) is 13.1. The number of rotatable bonds is 3. The summed E-state index contributed by atoms with van der Waals surface area (Å²) in [5.74, 6) is -0.167. The number of amides is 1. The third-order valence-electron chi connectivity index (χ3n) is 5.40. The van der Waals surface area contributed by atoms with E-state index < -0.39 is 10.0 Å². The second-order valence-electron chi connectivity index (χ2n) is 7.16. The highest BCUT2D eigenvalue weighted by Gasteiger charge is 2.33. The standard InChI is InChI=1S/C20H24ClN3O3S/c1-13-11-14(2)16(4)19(15(13)3)28(26,27)24-9-7-23(8-10-24)20(25)17-5-6-18(21)22-12-17/h5-6,11-12H,7-10H2,1-4H3. The Hall–Kier alpha value is -1.96. The fourth-order valence-corrected chi connectivity index (χ4v) is 5.62. The number of hydrogen-bond donors (Lipinski definition) is 0. The molecule has 0 radical (unpaired) electrons. The molecule has 8 heteroatoms. The molecule has 2 heterocycles.